The summed E-state index contributed by atoms with van der Waals surface area (Å²) in [4.78, 5) is 8.64. The Hall–Kier alpha value is -3.07. The molecule has 0 saturated heterocycles. The van der Waals surface area contributed by atoms with E-state index in [2.05, 4.69) is 22.2 Å². The molecule has 9 heteroatoms. The fourth-order valence-corrected chi connectivity index (χ4v) is 3.41. The van der Waals surface area contributed by atoms with Gasteiger partial charge in [0.2, 0.25) is 5.95 Å². The summed E-state index contributed by atoms with van der Waals surface area (Å²) in [6.45, 7) is 5.37. The number of fused-ring (bicyclic) bond motifs is 1. The van der Waals surface area contributed by atoms with Crippen molar-refractivity contribution in [2.45, 2.75) is 45.7 Å². The molecule has 0 bridgehead atoms. The molecule has 0 spiro atoms. The highest BCUT2D eigenvalue weighted by Gasteiger charge is 2.17. The predicted octanol–water partition coefficient (Wildman–Crippen LogP) is 2.58. The van der Waals surface area contributed by atoms with Crippen LogP contribution in [0.15, 0.2) is 18.3 Å². The lowest BCUT2D eigenvalue weighted by molar-refractivity contribution is 0.381. The van der Waals surface area contributed by atoms with Gasteiger partial charge in [-0.05, 0) is 37.5 Å². The Balaban J connectivity index is 1.96. The second-order valence-corrected chi connectivity index (χ2v) is 7.43. The highest BCUT2D eigenvalue weighted by molar-refractivity contribution is 5.85. The maximum Gasteiger partial charge on any atom is 0.222 e. The second-order valence-electron chi connectivity index (χ2n) is 7.43. The lowest BCUT2D eigenvalue weighted by Gasteiger charge is -2.16. The molecular weight excluding hydrogens is 382 g/mol. The summed E-state index contributed by atoms with van der Waals surface area (Å²) < 4.78 is 13.1. The van der Waals surface area contributed by atoms with E-state index in [0.29, 0.717) is 23.4 Å². The lowest BCUT2D eigenvalue weighted by atomic mass is 10.0. The Bertz CT molecular complexity index is 975. The van der Waals surface area contributed by atoms with Crippen LogP contribution in [0.25, 0.3) is 11.0 Å². The van der Waals surface area contributed by atoms with Crippen LogP contribution in [0.3, 0.4) is 0 Å². The van der Waals surface area contributed by atoms with Crippen molar-refractivity contribution >= 4 is 22.8 Å². The van der Waals surface area contributed by atoms with Gasteiger partial charge in [0.05, 0.1) is 32.5 Å². The third kappa shape index (κ3) is 4.91. The van der Waals surface area contributed by atoms with Crippen LogP contribution in [-0.4, -0.2) is 46.6 Å². The summed E-state index contributed by atoms with van der Waals surface area (Å²) in [5.41, 5.74) is 15.2. The van der Waals surface area contributed by atoms with Crippen molar-refractivity contribution in [2.24, 2.45) is 5.73 Å². The minimum atomic E-state index is 0.0457. The Labute approximate surface area is 176 Å². The summed E-state index contributed by atoms with van der Waals surface area (Å²) >= 11 is 0. The van der Waals surface area contributed by atoms with Crippen molar-refractivity contribution in [2.75, 3.05) is 31.8 Å². The smallest absolute Gasteiger partial charge is 0.222 e. The first kappa shape index (κ1) is 21.6. The first-order chi connectivity index (χ1) is 14.4. The molecule has 30 heavy (non-hydrogen) atoms. The van der Waals surface area contributed by atoms with Gasteiger partial charge in [0, 0.05) is 12.6 Å². The summed E-state index contributed by atoms with van der Waals surface area (Å²) in [5, 5.41) is 8.00. The topological polar surface area (TPSA) is 126 Å². The van der Waals surface area contributed by atoms with Crippen LogP contribution in [0.2, 0.25) is 0 Å². The van der Waals surface area contributed by atoms with Crippen molar-refractivity contribution in [1.29, 1.82) is 0 Å². The molecule has 0 saturated carbocycles. The SMILES string of the molecule is CCCCNc1nc(N)nc2cn(Cc3c(OC)cc(C[C@H](C)N)cc3OC)nc12. The van der Waals surface area contributed by atoms with Gasteiger partial charge in [0.25, 0.3) is 0 Å². The minimum absolute atomic E-state index is 0.0457. The molecule has 5 N–H and O–H groups in total. The average Bonchev–Trinajstić information content (AvgIpc) is 3.10. The molecule has 0 aliphatic heterocycles. The van der Waals surface area contributed by atoms with Crippen LogP contribution in [0.1, 0.15) is 37.8 Å². The van der Waals surface area contributed by atoms with Crippen LogP contribution >= 0.6 is 0 Å². The summed E-state index contributed by atoms with van der Waals surface area (Å²) in [6.07, 6.45) is 4.71. The number of rotatable bonds is 10. The minimum Gasteiger partial charge on any atom is -0.496 e. The van der Waals surface area contributed by atoms with Gasteiger partial charge >= 0.3 is 0 Å². The van der Waals surface area contributed by atoms with E-state index < -0.39 is 0 Å². The van der Waals surface area contributed by atoms with Gasteiger partial charge in [-0.2, -0.15) is 10.1 Å². The fourth-order valence-electron chi connectivity index (χ4n) is 3.41. The van der Waals surface area contributed by atoms with E-state index in [1.54, 1.807) is 18.9 Å². The molecule has 0 radical (unpaired) electrons. The molecule has 162 valence electrons. The molecule has 0 unspecified atom stereocenters. The highest BCUT2D eigenvalue weighted by atomic mass is 16.5. The third-order valence-electron chi connectivity index (χ3n) is 4.80. The van der Waals surface area contributed by atoms with E-state index in [1.807, 2.05) is 25.3 Å². The summed E-state index contributed by atoms with van der Waals surface area (Å²) in [5.74, 6) is 2.33. The molecule has 3 aromatic rings. The fraction of sp³-hybridized carbons (Fsp3) is 0.476. The normalized spacial score (nSPS) is 12.2. The van der Waals surface area contributed by atoms with E-state index in [0.717, 1.165) is 48.4 Å². The number of nitrogens with two attached hydrogens (primary N) is 2. The quantitative estimate of drug-likeness (QED) is 0.433. The number of nitrogens with one attached hydrogen (secondary N) is 1. The zero-order valence-electron chi connectivity index (χ0n) is 18.1. The van der Waals surface area contributed by atoms with Crippen LogP contribution < -0.4 is 26.3 Å². The molecule has 9 nitrogen and oxygen atoms in total. The van der Waals surface area contributed by atoms with E-state index in [-0.39, 0.29) is 12.0 Å². The van der Waals surface area contributed by atoms with E-state index in [9.17, 15) is 0 Å². The Morgan fingerprint density at radius 1 is 1.17 bits per heavy atom. The van der Waals surface area contributed by atoms with E-state index >= 15 is 0 Å². The van der Waals surface area contributed by atoms with Crippen molar-refractivity contribution in [3.05, 3.63) is 29.5 Å². The maximum absolute atomic E-state index is 5.96. The first-order valence-electron chi connectivity index (χ1n) is 10.2. The Morgan fingerprint density at radius 2 is 1.87 bits per heavy atom. The monoisotopic (exact) mass is 413 g/mol. The first-order valence-corrected chi connectivity index (χ1v) is 10.2. The Morgan fingerprint density at radius 3 is 2.47 bits per heavy atom. The molecule has 2 heterocycles. The molecule has 1 atom stereocenters. The van der Waals surface area contributed by atoms with Crippen molar-refractivity contribution in [3.8, 4) is 11.5 Å². The highest BCUT2D eigenvalue weighted by Crippen LogP contribution is 2.32. The van der Waals surface area contributed by atoms with Crippen LogP contribution in [0.4, 0.5) is 11.8 Å². The summed E-state index contributed by atoms with van der Waals surface area (Å²) in [6, 6.07) is 4.05. The number of ether oxygens (including phenoxy) is 2. The van der Waals surface area contributed by atoms with Crippen molar-refractivity contribution in [1.82, 2.24) is 19.7 Å². The number of nitrogen functional groups attached to an aromatic ring is 1. The van der Waals surface area contributed by atoms with Crippen molar-refractivity contribution < 1.29 is 9.47 Å². The molecule has 0 amide bonds. The van der Waals surface area contributed by atoms with E-state index in [1.165, 1.54) is 0 Å². The number of anilines is 2. The van der Waals surface area contributed by atoms with Gasteiger partial charge in [-0.3, -0.25) is 4.68 Å². The van der Waals surface area contributed by atoms with Crippen LogP contribution in [0.5, 0.6) is 11.5 Å². The van der Waals surface area contributed by atoms with Gasteiger partial charge in [-0.15, -0.1) is 0 Å². The zero-order valence-corrected chi connectivity index (χ0v) is 18.1. The number of hydrogen-bond donors (Lipinski definition) is 3. The molecule has 0 fully saturated rings. The number of benzene rings is 1. The van der Waals surface area contributed by atoms with Gasteiger partial charge in [-0.1, -0.05) is 13.3 Å². The molecule has 0 aliphatic rings. The van der Waals surface area contributed by atoms with Gasteiger partial charge in [-0.25, -0.2) is 4.98 Å². The maximum atomic E-state index is 5.96. The summed E-state index contributed by atoms with van der Waals surface area (Å²) in [7, 11) is 3.30. The van der Waals surface area contributed by atoms with Crippen molar-refractivity contribution in [3.63, 3.8) is 0 Å². The molecule has 3 rings (SSSR count). The third-order valence-corrected chi connectivity index (χ3v) is 4.80. The molecular formula is C21H31N7O2. The average molecular weight is 414 g/mol. The standard InChI is InChI=1S/C21H31N7O2/c1-5-6-7-24-20-19-16(25-21(23)26-20)12-28(27-19)11-15-17(29-3)9-14(8-13(2)22)10-18(15)30-4/h9-10,12-13H,5-8,11,22H2,1-4H3,(H3,23,24,25,26)/t13-/m0/s1. The zero-order chi connectivity index (χ0) is 21.7. The molecule has 0 aliphatic carbocycles. The molecule has 1 aromatic carbocycles. The lowest BCUT2D eigenvalue weighted by Crippen LogP contribution is -2.18. The largest absolute Gasteiger partial charge is 0.496 e. The van der Waals surface area contributed by atoms with Gasteiger partial charge < -0.3 is 26.3 Å². The second kappa shape index (κ2) is 9.62. The number of aromatic nitrogens is 4. The number of nitrogens with zero attached hydrogens (tertiary/aromatic N) is 4. The number of hydrogen-bond acceptors (Lipinski definition) is 8. The van der Waals surface area contributed by atoms with Gasteiger partial charge in [0.1, 0.15) is 17.0 Å². The van der Waals surface area contributed by atoms with Gasteiger partial charge in [0.15, 0.2) is 11.3 Å². The Kier molecular flexibility index (Phi) is 6.94. The van der Waals surface area contributed by atoms with E-state index in [4.69, 9.17) is 26.0 Å². The number of unbranched alkanes of at least 4 members (excludes halogenated alkanes) is 1. The molecule has 2 aromatic heterocycles. The van der Waals surface area contributed by atoms with Crippen LogP contribution in [0, 0.1) is 0 Å². The van der Waals surface area contributed by atoms with Crippen LogP contribution in [-0.2, 0) is 13.0 Å². The number of methoxy groups -OCH3 is 2. The predicted molar refractivity (Wildman–Crippen MR) is 119 cm³/mol.